The molecule has 6 unspecified atom stereocenters. The zero-order valence-corrected chi connectivity index (χ0v) is 16.5. The monoisotopic (exact) mass is 378 g/mol. The van der Waals surface area contributed by atoms with Crippen LogP contribution in [0.25, 0.3) is 0 Å². The lowest BCUT2D eigenvalue weighted by molar-refractivity contribution is -0.292. The van der Waals surface area contributed by atoms with Gasteiger partial charge in [-0.2, -0.15) is 0 Å². The quantitative estimate of drug-likeness (QED) is 0.630. The van der Waals surface area contributed by atoms with Crippen LogP contribution in [0.5, 0.6) is 0 Å². The maximum Gasteiger partial charge on any atom is 0.262 e. The van der Waals surface area contributed by atoms with Gasteiger partial charge in [-0.1, -0.05) is 33.3 Å². The summed E-state index contributed by atoms with van der Waals surface area (Å²) in [5.74, 6) is -3.03. The zero-order valence-electron chi connectivity index (χ0n) is 16.5. The number of Topliss-reactive ketones (excluding diaryl/α,β-unsaturated/α-hetero) is 1. The Hall–Kier alpha value is -1.05. The van der Waals surface area contributed by atoms with Gasteiger partial charge in [0, 0.05) is 23.5 Å². The molecule has 0 aromatic carbocycles. The first kappa shape index (κ1) is 19.3. The van der Waals surface area contributed by atoms with Gasteiger partial charge in [-0.15, -0.1) is 6.58 Å². The molecule has 0 aromatic rings. The van der Waals surface area contributed by atoms with Crippen LogP contribution in [0.4, 0.5) is 0 Å². The average molecular weight is 378 g/mol. The number of aliphatic hydroxyl groups excluding tert-OH is 1. The van der Waals surface area contributed by atoms with Crippen LogP contribution in [-0.4, -0.2) is 58.4 Å². The van der Waals surface area contributed by atoms with E-state index in [0.717, 1.165) is 6.42 Å². The van der Waals surface area contributed by atoms with Crippen LogP contribution in [0, 0.1) is 16.2 Å². The van der Waals surface area contributed by atoms with E-state index in [9.17, 15) is 20.1 Å². The molecule has 0 spiro atoms. The molecule has 0 radical (unpaired) electrons. The number of carbonyl (C=O) groups excluding carboxylic acids is 1. The lowest BCUT2D eigenvalue weighted by Crippen LogP contribution is -2.75. The van der Waals surface area contributed by atoms with Crippen LogP contribution < -0.4 is 0 Å². The van der Waals surface area contributed by atoms with Crippen molar-refractivity contribution in [1.29, 1.82) is 0 Å². The van der Waals surface area contributed by atoms with Crippen molar-refractivity contribution in [2.75, 3.05) is 13.7 Å². The molecule has 6 nitrogen and oxygen atoms in total. The number of methoxy groups -OCH3 is 1. The number of carbonyl (C=O) groups is 1. The molecule has 6 heteroatoms. The Morgan fingerprint density at radius 3 is 2.52 bits per heavy atom. The van der Waals surface area contributed by atoms with Crippen LogP contribution in [0.3, 0.4) is 0 Å². The molecule has 2 fully saturated rings. The van der Waals surface area contributed by atoms with Crippen molar-refractivity contribution in [2.45, 2.75) is 70.1 Å². The summed E-state index contributed by atoms with van der Waals surface area (Å²) in [6.07, 6.45) is 2.42. The largest absolute Gasteiger partial charge is 0.389 e. The summed E-state index contributed by atoms with van der Waals surface area (Å²) in [7, 11) is 1.51. The van der Waals surface area contributed by atoms with Gasteiger partial charge in [0.15, 0.2) is 0 Å². The fourth-order valence-corrected chi connectivity index (χ4v) is 6.62. The first-order chi connectivity index (χ1) is 12.5. The van der Waals surface area contributed by atoms with E-state index in [4.69, 9.17) is 9.47 Å². The first-order valence-corrected chi connectivity index (χ1v) is 9.68. The molecule has 1 saturated heterocycles. The molecular weight excluding hydrogens is 348 g/mol. The Morgan fingerprint density at radius 2 is 1.93 bits per heavy atom. The van der Waals surface area contributed by atoms with E-state index in [-0.39, 0.29) is 12.2 Å². The lowest BCUT2D eigenvalue weighted by atomic mass is 9.43. The third kappa shape index (κ3) is 1.82. The molecule has 0 amide bonds. The van der Waals surface area contributed by atoms with Crippen LogP contribution in [0.1, 0.15) is 46.5 Å². The highest BCUT2D eigenvalue weighted by Gasteiger charge is 2.82. The van der Waals surface area contributed by atoms with Gasteiger partial charge < -0.3 is 24.8 Å². The smallest absolute Gasteiger partial charge is 0.262 e. The average Bonchev–Trinajstić information content (AvgIpc) is 2.79. The summed E-state index contributed by atoms with van der Waals surface area (Å²) < 4.78 is 11.4. The van der Waals surface area contributed by atoms with Gasteiger partial charge >= 0.3 is 0 Å². The fourth-order valence-electron chi connectivity index (χ4n) is 6.62. The number of ketones is 1. The minimum absolute atomic E-state index is 0.00625. The highest BCUT2D eigenvalue weighted by atomic mass is 16.7. The maximum atomic E-state index is 13.6. The van der Waals surface area contributed by atoms with Gasteiger partial charge in [-0.3, -0.25) is 4.79 Å². The standard InChI is InChI=1S/C21H30O6/c1-6-18(4)10-12(22)14-13(16(18)26-5)15(23)20(24)21(25)17(2,3)8-7-9-19(14,21)11-27-20/h6,12,16,22,24-25H,1,7-11H2,2-5H3. The van der Waals surface area contributed by atoms with Crippen molar-refractivity contribution in [3.8, 4) is 0 Å². The van der Waals surface area contributed by atoms with Gasteiger partial charge in [0.1, 0.15) is 5.60 Å². The summed E-state index contributed by atoms with van der Waals surface area (Å²) in [4.78, 5) is 13.6. The Bertz CT molecular complexity index is 756. The van der Waals surface area contributed by atoms with Crippen LogP contribution >= 0.6 is 0 Å². The molecule has 2 bridgehead atoms. The molecular formula is C21H30O6. The van der Waals surface area contributed by atoms with Gasteiger partial charge in [0.25, 0.3) is 5.79 Å². The molecule has 3 N–H and O–H groups in total. The highest BCUT2D eigenvalue weighted by molar-refractivity contribution is 6.06. The Kier molecular flexibility index (Phi) is 3.79. The normalized spacial score (nSPS) is 51.0. The molecule has 1 saturated carbocycles. The van der Waals surface area contributed by atoms with Crippen molar-refractivity contribution < 1.29 is 29.6 Å². The second-order valence-corrected chi connectivity index (χ2v) is 9.66. The second-order valence-electron chi connectivity index (χ2n) is 9.66. The maximum absolute atomic E-state index is 13.6. The number of hydrogen-bond donors (Lipinski definition) is 3. The predicted molar refractivity (Wildman–Crippen MR) is 97.7 cm³/mol. The highest BCUT2D eigenvalue weighted by Crippen LogP contribution is 2.70. The number of rotatable bonds is 2. The lowest BCUT2D eigenvalue weighted by Gasteiger charge is -2.62. The Labute approximate surface area is 159 Å². The summed E-state index contributed by atoms with van der Waals surface area (Å²) in [6.45, 7) is 9.47. The topological polar surface area (TPSA) is 96.2 Å². The molecule has 150 valence electrons. The first-order valence-electron chi connectivity index (χ1n) is 9.68. The van der Waals surface area contributed by atoms with E-state index in [1.807, 2.05) is 20.8 Å². The van der Waals surface area contributed by atoms with Crippen molar-refractivity contribution in [2.24, 2.45) is 16.2 Å². The van der Waals surface area contributed by atoms with Crippen molar-refractivity contribution in [3.05, 3.63) is 23.8 Å². The van der Waals surface area contributed by atoms with Gasteiger partial charge in [-0.05, 0) is 24.8 Å². The second kappa shape index (κ2) is 5.30. The molecule has 1 aliphatic heterocycles. The minimum atomic E-state index is -2.34. The third-order valence-corrected chi connectivity index (χ3v) is 7.98. The summed E-state index contributed by atoms with van der Waals surface area (Å²) >= 11 is 0. The van der Waals surface area contributed by atoms with E-state index in [2.05, 4.69) is 6.58 Å². The van der Waals surface area contributed by atoms with Crippen molar-refractivity contribution in [1.82, 2.24) is 0 Å². The molecule has 6 atom stereocenters. The summed E-state index contributed by atoms with van der Waals surface area (Å²) in [5.41, 5.74) is -3.49. The fraction of sp³-hybridized carbons (Fsp3) is 0.762. The third-order valence-electron chi connectivity index (χ3n) is 7.98. The SMILES string of the molecule is C=CC1(C)CC(O)C2=C(C(=O)C3(O)OCC24CCCC(C)(C)C43O)C1OC. The van der Waals surface area contributed by atoms with E-state index in [1.165, 1.54) is 7.11 Å². The van der Waals surface area contributed by atoms with Crippen molar-refractivity contribution in [3.63, 3.8) is 0 Å². The molecule has 0 aromatic heterocycles. The zero-order chi connectivity index (χ0) is 20.0. The molecule has 4 rings (SSSR count). The Balaban J connectivity index is 2.07. The van der Waals surface area contributed by atoms with Gasteiger partial charge in [0.2, 0.25) is 5.78 Å². The van der Waals surface area contributed by atoms with E-state index in [1.54, 1.807) is 6.08 Å². The van der Waals surface area contributed by atoms with Crippen LogP contribution in [-0.2, 0) is 14.3 Å². The van der Waals surface area contributed by atoms with E-state index < -0.39 is 45.6 Å². The number of ether oxygens (including phenoxy) is 2. The van der Waals surface area contributed by atoms with Crippen molar-refractivity contribution >= 4 is 5.78 Å². The van der Waals surface area contributed by atoms with E-state index in [0.29, 0.717) is 24.8 Å². The number of hydrogen-bond acceptors (Lipinski definition) is 6. The molecule has 27 heavy (non-hydrogen) atoms. The summed E-state index contributed by atoms with van der Waals surface area (Å²) in [6, 6.07) is 0. The van der Waals surface area contributed by atoms with E-state index >= 15 is 0 Å². The van der Waals surface area contributed by atoms with Crippen LogP contribution in [0.2, 0.25) is 0 Å². The molecule has 3 aliphatic carbocycles. The molecule has 1 heterocycles. The minimum Gasteiger partial charge on any atom is -0.389 e. The summed E-state index contributed by atoms with van der Waals surface area (Å²) in [5, 5.41) is 34.5. The molecule has 4 aliphatic rings. The Morgan fingerprint density at radius 1 is 1.26 bits per heavy atom. The number of aliphatic hydroxyl groups is 3. The van der Waals surface area contributed by atoms with Gasteiger partial charge in [-0.25, -0.2) is 0 Å². The predicted octanol–water partition coefficient (Wildman–Crippen LogP) is 1.48. The van der Waals surface area contributed by atoms with Gasteiger partial charge in [0.05, 0.1) is 24.2 Å². The van der Waals surface area contributed by atoms with Crippen LogP contribution in [0.15, 0.2) is 23.8 Å².